The fraction of sp³-hybridized carbons (Fsp3) is 0.480. The van der Waals surface area contributed by atoms with Crippen molar-refractivity contribution >= 4 is 17.8 Å². The first kappa shape index (κ1) is 25.3. The average molecular weight is 474 g/mol. The molecule has 9 heteroatoms. The molecule has 0 saturated carbocycles. The van der Waals surface area contributed by atoms with Gasteiger partial charge in [-0.05, 0) is 56.9 Å². The van der Waals surface area contributed by atoms with Crippen molar-refractivity contribution in [1.29, 1.82) is 0 Å². The summed E-state index contributed by atoms with van der Waals surface area (Å²) < 4.78 is 32.1. The van der Waals surface area contributed by atoms with E-state index in [1.807, 2.05) is 13.8 Å². The molecule has 0 spiro atoms. The number of pyridine rings is 1. The largest absolute Gasteiger partial charge is 0.488 e. The molecular formula is C25H32FN3O5. The number of halogens is 1. The van der Waals surface area contributed by atoms with Gasteiger partial charge < -0.3 is 24.8 Å². The van der Waals surface area contributed by atoms with Gasteiger partial charge in [-0.2, -0.15) is 4.39 Å². The van der Waals surface area contributed by atoms with Crippen molar-refractivity contribution in [2.45, 2.75) is 66.2 Å². The van der Waals surface area contributed by atoms with Crippen LogP contribution in [0.5, 0.6) is 11.5 Å². The summed E-state index contributed by atoms with van der Waals surface area (Å²) in [5.41, 5.74) is 1.44. The lowest BCUT2D eigenvalue weighted by atomic mass is 9.98. The lowest BCUT2D eigenvalue weighted by Gasteiger charge is -2.25. The predicted molar refractivity (Wildman–Crippen MR) is 126 cm³/mol. The van der Waals surface area contributed by atoms with E-state index < -0.39 is 17.5 Å². The maximum absolute atomic E-state index is 15.3. The van der Waals surface area contributed by atoms with Crippen LogP contribution in [0.1, 0.15) is 53.5 Å². The minimum absolute atomic E-state index is 0.0260. The van der Waals surface area contributed by atoms with Crippen molar-refractivity contribution in [2.24, 2.45) is 5.92 Å². The Balaban J connectivity index is 1.78. The molecule has 1 aliphatic heterocycles. The molecule has 34 heavy (non-hydrogen) atoms. The van der Waals surface area contributed by atoms with Gasteiger partial charge in [0, 0.05) is 24.2 Å². The van der Waals surface area contributed by atoms with Gasteiger partial charge in [0.2, 0.25) is 11.7 Å². The van der Waals surface area contributed by atoms with E-state index in [2.05, 4.69) is 15.6 Å². The maximum atomic E-state index is 15.3. The number of nitrogens with zero attached hydrogens (tertiary/aromatic N) is 1. The summed E-state index contributed by atoms with van der Waals surface area (Å²) in [4.78, 5) is 27.8. The number of carbonyl (C=O) groups excluding carboxylic acids is 2. The van der Waals surface area contributed by atoms with Crippen LogP contribution in [0.4, 0.5) is 15.0 Å². The van der Waals surface area contributed by atoms with Crippen LogP contribution in [-0.4, -0.2) is 35.2 Å². The molecule has 2 aromatic rings. The Bertz CT molecular complexity index is 1070. The van der Waals surface area contributed by atoms with E-state index in [1.54, 1.807) is 39.1 Å². The van der Waals surface area contributed by atoms with Crippen LogP contribution in [-0.2, 0) is 16.1 Å². The highest BCUT2D eigenvalue weighted by Crippen LogP contribution is 2.42. The van der Waals surface area contributed by atoms with E-state index >= 15 is 4.39 Å². The summed E-state index contributed by atoms with van der Waals surface area (Å²) in [5, 5.41) is 5.45. The van der Waals surface area contributed by atoms with Crippen LogP contribution in [0, 0.1) is 11.7 Å². The zero-order valence-electron chi connectivity index (χ0n) is 20.5. The quantitative estimate of drug-likeness (QED) is 0.583. The predicted octanol–water partition coefficient (Wildman–Crippen LogP) is 5.06. The van der Waals surface area contributed by atoms with Gasteiger partial charge >= 0.3 is 6.09 Å². The molecule has 2 amide bonds. The van der Waals surface area contributed by atoms with Crippen LogP contribution in [0.3, 0.4) is 0 Å². The van der Waals surface area contributed by atoms with Gasteiger partial charge in [-0.1, -0.05) is 13.8 Å². The van der Waals surface area contributed by atoms with Crippen molar-refractivity contribution in [2.75, 3.05) is 11.9 Å². The fourth-order valence-corrected chi connectivity index (χ4v) is 3.65. The van der Waals surface area contributed by atoms with Gasteiger partial charge in [0.25, 0.3) is 0 Å². The molecule has 2 heterocycles. The molecule has 1 atom stereocenters. The number of benzene rings is 1. The number of hydrogen-bond acceptors (Lipinski definition) is 6. The molecule has 8 nitrogen and oxygen atoms in total. The average Bonchev–Trinajstić information content (AvgIpc) is 2.70. The van der Waals surface area contributed by atoms with Crippen molar-refractivity contribution in [3.05, 3.63) is 35.8 Å². The second-order valence-corrected chi connectivity index (χ2v) is 9.73. The van der Waals surface area contributed by atoms with Gasteiger partial charge in [-0.15, -0.1) is 0 Å². The normalized spacial score (nSPS) is 13.3. The molecule has 1 aromatic heterocycles. The molecule has 0 bridgehead atoms. The maximum Gasteiger partial charge on any atom is 0.407 e. The first-order chi connectivity index (χ1) is 15.9. The van der Waals surface area contributed by atoms with E-state index in [1.165, 1.54) is 13.0 Å². The third-order valence-corrected chi connectivity index (χ3v) is 4.93. The monoisotopic (exact) mass is 473 g/mol. The summed E-state index contributed by atoms with van der Waals surface area (Å²) in [6.45, 7) is 11.0. The molecule has 2 N–H and O–H groups in total. The lowest BCUT2D eigenvalue weighted by Crippen LogP contribution is -2.42. The number of carbonyl (C=O) groups is 2. The molecule has 1 aliphatic rings. The number of ether oxygens (including phenoxy) is 3. The van der Waals surface area contributed by atoms with Gasteiger partial charge in [-0.25, -0.2) is 9.78 Å². The molecule has 0 unspecified atom stereocenters. The Morgan fingerprint density at radius 1 is 1.24 bits per heavy atom. The Kier molecular flexibility index (Phi) is 7.64. The summed E-state index contributed by atoms with van der Waals surface area (Å²) in [5.74, 6) is -0.108. The van der Waals surface area contributed by atoms with Crippen LogP contribution >= 0.6 is 0 Å². The Morgan fingerprint density at radius 3 is 2.62 bits per heavy atom. The summed E-state index contributed by atoms with van der Waals surface area (Å²) in [6, 6.07) is 4.58. The van der Waals surface area contributed by atoms with Crippen molar-refractivity contribution in [3.8, 4) is 22.6 Å². The van der Waals surface area contributed by atoms with Crippen LogP contribution in [0.25, 0.3) is 11.1 Å². The standard InChI is InChI=1S/C25H32FN3O5/c1-14(2)9-17(29-24(31)34-25(4,5)6)13-32-20-8-7-18-19-10-21(28-15(3)30)27-11-16(19)12-33-23(18)22(20)26/h7-8,10-11,14,17H,9,12-13H2,1-6H3,(H,29,31)(H,27,28,30)/t17-/m0/s1. The number of nitrogens with one attached hydrogen (secondary N) is 2. The highest BCUT2D eigenvalue weighted by atomic mass is 19.1. The molecule has 0 radical (unpaired) electrons. The molecule has 0 aliphatic carbocycles. The van der Waals surface area contributed by atoms with E-state index in [0.29, 0.717) is 17.8 Å². The molecular weight excluding hydrogens is 441 g/mol. The van der Waals surface area contributed by atoms with Crippen LogP contribution in [0.2, 0.25) is 0 Å². The number of aromatic nitrogens is 1. The molecule has 0 fully saturated rings. The summed E-state index contributed by atoms with van der Waals surface area (Å²) in [6.07, 6.45) is 1.69. The van der Waals surface area contributed by atoms with E-state index in [4.69, 9.17) is 14.2 Å². The zero-order valence-corrected chi connectivity index (χ0v) is 20.5. The topological polar surface area (TPSA) is 98.8 Å². The molecule has 3 rings (SSSR count). The Morgan fingerprint density at radius 2 is 1.97 bits per heavy atom. The summed E-state index contributed by atoms with van der Waals surface area (Å²) in [7, 11) is 0. The minimum atomic E-state index is -0.624. The fourth-order valence-electron chi connectivity index (χ4n) is 3.65. The minimum Gasteiger partial charge on any atom is -0.488 e. The SMILES string of the molecule is CC(=O)Nc1cc2c(cn1)COc1c-2ccc(OC[C@H](CC(C)C)NC(=O)OC(C)(C)C)c1F. The third kappa shape index (κ3) is 6.59. The number of rotatable bonds is 7. The number of anilines is 1. The Labute approximate surface area is 199 Å². The summed E-state index contributed by atoms with van der Waals surface area (Å²) >= 11 is 0. The number of amides is 2. The van der Waals surface area contributed by atoms with Crippen molar-refractivity contribution < 1.29 is 28.2 Å². The van der Waals surface area contributed by atoms with Crippen molar-refractivity contribution in [1.82, 2.24) is 10.3 Å². The molecule has 1 aromatic carbocycles. The first-order valence-electron chi connectivity index (χ1n) is 11.3. The van der Waals surface area contributed by atoms with Gasteiger partial charge in [0.15, 0.2) is 11.5 Å². The second kappa shape index (κ2) is 10.3. The van der Waals surface area contributed by atoms with E-state index in [-0.39, 0.29) is 42.6 Å². The zero-order chi connectivity index (χ0) is 25.0. The highest BCUT2D eigenvalue weighted by Gasteiger charge is 2.26. The number of hydrogen-bond donors (Lipinski definition) is 2. The number of alkyl carbamates (subject to hydrolysis) is 1. The molecule has 0 saturated heterocycles. The number of fused-ring (bicyclic) bond motifs is 3. The van der Waals surface area contributed by atoms with Crippen LogP contribution in [0.15, 0.2) is 24.4 Å². The second-order valence-electron chi connectivity index (χ2n) is 9.73. The highest BCUT2D eigenvalue weighted by molar-refractivity contribution is 5.89. The van der Waals surface area contributed by atoms with Crippen LogP contribution < -0.4 is 20.1 Å². The van der Waals surface area contributed by atoms with Crippen molar-refractivity contribution in [3.63, 3.8) is 0 Å². The lowest BCUT2D eigenvalue weighted by molar-refractivity contribution is -0.114. The molecule has 184 valence electrons. The Hall–Kier alpha value is -3.36. The van der Waals surface area contributed by atoms with E-state index in [0.717, 1.165) is 11.1 Å². The van der Waals surface area contributed by atoms with Gasteiger partial charge in [0.05, 0.1) is 6.04 Å². The van der Waals surface area contributed by atoms with Gasteiger partial charge in [-0.3, -0.25) is 4.79 Å². The van der Waals surface area contributed by atoms with Gasteiger partial charge in [0.1, 0.15) is 24.6 Å². The van der Waals surface area contributed by atoms with E-state index in [9.17, 15) is 9.59 Å². The first-order valence-corrected chi connectivity index (χ1v) is 11.3. The smallest absolute Gasteiger partial charge is 0.407 e. The third-order valence-electron chi connectivity index (χ3n) is 4.93.